The number of benzene rings is 1. The minimum atomic E-state index is -0.757. The van der Waals surface area contributed by atoms with Crippen LogP contribution >= 0.6 is 11.6 Å². The number of carbonyl (C=O) groups is 1. The van der Waals surface area contributed by atoms with E-state index in [2.05, 4.69) is 32.9 Å². The fourth-order valence-electron chi connectivity index (χ4n) is 5.67. The fourth-order valence-corrected chi connectivity index (χ4v) is 6.02. The van der Waals surface area contributed by atoms with Crippen LogP contribution in [0.25, 0.3) is 11.0 Å². The van der Waals surface area contributed by atoms with Crippen molar-refractivity contribution in [2.24, 2.45) is 0 Å². The zero-order valence-corrected chi connectivity index (χ0v) is 20.5. The summed E-state index contributed by atoms with van der Waals surface area (Å²) in [5.74, 6) is -1.03. The Morgan fingerprint density at radius 3 is 2.73 bits per heavy atom. The first-order valence-electron chi connectivity index (χ1n) is 12.0. The average Bonchev–Trinajstić information content (AvgIpc) is 3.48. The fraction of sp³-hybridized carbons (Fsp3) is 0.346. The molecule has 6 rings (SSSR count). The predicted octanol–water partition coefficient (Wildman–Crippen LogP) is 4.62. The average molecular weight is 522 g/mol. The summed E-state index contributed by atoms with van der Waals surface area (Å²) in [5.41, 5.74) is 0.314. The normalized spacial score (nSPS) is 21.6. The van der Waals surface area contributed by atoms with E-state index in [1.165, 1.54) is 24.5 Å². The van der Waals surface area contributed by atoms with Gasteiger partial charge in [-0.05, 0) is 43.4 Å². The number of nitriles is 1. The molecule has 0 radical (unpaired) electrons. The van der Waals surface area contributed by atoms with Gasteiger partial charge in [0.1, 0.15) is 11.8 Å². The van der Waals surface area contributed by atoms with Crippen LogP contribution in [-0.4, -0.2) is 50.9 Å². The van der Waals surface area contributed by atoms with E-state index in [1.807, 2.05) is 4.90 Å². The number of halogens is 3. The van der Waals surface area contributed by atoms with Crippen molar-refractivity contribution in [1.29, 1.82) is 5.26 Å². The van der Waals surface area contributed by atoms with Gasteiger partial charge in [0, 0.05) is 19.2 Å². The standard InChI is InChI=1S/C26H22ClF2N7O/c1-2-20(37)35-10-15-8-14(35)11-36(15)25-17(28)9-19-23(34-25)24(32-13-31-19)33-18-5-4-16(21(27)22(18)29)26(12-30)6-3-7-26/h2,4-5,9,13-15H,1,3,6-8,10-11H2,(H,31,32,33)/t14-,15-/m0/s1. The number of amides is 1. The van der Waals surface area contributed by atoms with Crippen molar-refractivity contribution in [3.05, 3.63) is 59.4 Å². The number of hydrogen-bond donors (Lipinski definition) is 1. The second kappa shape index (κ2) is 8.63. The minimum absolute atomic E-state index is 0.0425. The van der Waals surface area contributed by atoms with E-state index in [4.69, 9.17) is 11.6 Å². The van der Waals surface area contributed by atoms with Gasteiger partial charge >= 0.3 is 0 Å². The molecule has 0 spiro atoms. The number of nitrogens with one attached hydrogen (secondary N) is 1. The maximum absolute atomic E-state index is 15.3. The van der Waals surface area contributed by atoms with Gasteiger partial charge < -0.3 is 15.1 Å². The van der Waals surface area contributed by atoms with Crippen LogP contribution in [0.15, 0.2) is 37.2 Å². The first-order valence-corrected chi connectivity index (χ1v) is 12.4. The van der Waals surface area contributed by atoms with Crippen molar-refractivity contribution >= 4 is 45.9 Å². The number of rotatable bonds is 5. The van der Waals surface area contributed by atoms with Crippen LogP contribution in [0, 0.1) is 23.0 Å². The number of carbonyl (C=O) groups excluding carboxylic acids is 1. The molecule has 8 nitrogen and oxygen atoms in total. The number of hydrogen-bond acceptors (Lipinski definition) is 7. The van der Waals surface area contributed by atoms with Crippen LogP contribution in [0.1, 0.15) is 31.2 Å². The molecule has 3 aromatic rings. The molecule has 1 saturated carbocycles. The van der Waals surface area contributed by atoms with Crippen molar-refractivity contribution in [3.63, 3.8) is 0 Å². The summed E-state index contributed by atoms with van der Waals surface area (Å²) in [5, 5.41) is 12.5. The lowest BCUT2D eigenvalue weighted by Gasteiger charge is -2.36. The molecular weight excluding hydrogens is 500 g/mol. The molecule has 0 unspecified atom stereocenters. The highest BCUT2D eigenvalue weighted by atomic mass is 35.5. The lowest BCUT2D eigenvalue weighted by molar-refractivity contribution is -0.127. The van der Waals surface area contributed by atoms with E-state index in [0.717, 1.165) is 12.8 Å². The van der Waals surface area contributed by atoms with E-state index < -0.39 is 17.0 Å². The third kappa shape index (κ3) is 3.60. The van der Waals surface area contributed by atoms with Gasteiger partial charge in [0.2, 0.25) is 5.91 Å². The molecule has 2 aromatic heterocycles. The lowest BCUT2D eigenvalue weighted by Crippen LogP contribution is -2.48. The quantitative estimate of drug-likeness (QED) is 0.489. The zero-order chi connectivity index (χ0) is 25.9. The molecule has 1 amide bonds. The summed E-state index contributed by atoms with van der Waals surface area (Å²) in [6, 6.07) is 6.64. The Morgan fingerprint density at radius 1 is 1.27 bits per heavy atom. The molecule has 2 aliphatic heterocycles. The van der Waals surface area contributed by atoms with Gasteiger partial charge in [-0.2, -0.15) is 5.26 Å². The van der Waals surface area contributed by atoms with Crippen LogP contribution in [0.4, 0.5) is 26.1 Å². The smallest absolute Gasteiger partial charge is 0.246 e. The largest absolute Gasteiger partial charge is 0.347 e. The van der Waals surface area contributed by atoms with Gasteiger partial charge in [-0.3, -0.25) is 4.79 Å². The number of aromatic nitrogens is 3. The Hall–Kier alpha value is -3.84. The SMILES string of the molecule is C=CC(=O)N1C[C@@H]2C[C@H]1CN2c1nc2c(Nc3ccc(C4(C#N)CCC4)c(Cl)c3F)ncnc2cc1F. The van der Waals surface area contributed by atoms with Gasteiger partial charge in [0.15, 0.2) is 23.3 Å². The second-order valence-corrected chi connectivity index (χ2v) is 10.1. The third-order valence-corrected chi connectivity index (χ3v) is 8.16. The maximum Gasteiger partial charge on any atom is 0.246 e. The highest BCUT2D eigenvalue weighted by molar-refractivity contribution is 6.32. The summed E-state index contributed by atoms with van der Waals surface area (Å²) in [4.78, 5) is 28.6. The summed E-state index contributed by atoms with van der Waals surface area (Å²) >= 11 is 6.37. The number of pyridine rings is 1. The molecule has 37 heavy (non-hydrogen) atoms. The van der Waals surface area contributed by atoms with E-state index >= 15 is 8.78 Å². The first kappa shape index (κ1) is 23.6. The Kier molecular flexibility index (Phi) is 5.49. The molecule has 188 valence electrons. The van der Waals surface area contributed by atoms with Gasteiger partial charge in [0.25, 0.3) is 0 Å². The molecule has 11 heteroatoms. The molecule has 1 aliphatic carbocycles. The predicted molar refractivity (Wildman–Crippen MR) is 135 cm³/mol. The van der Waals surface area contributed by atoms with Gasteiger partial charge in [-0.1, -0.05) is 24.2 Å². The van der Waals surface area contributed by atoms with Gasteiger partial charge in [-0.25, -0.2) is 23.7 Å². The van der Waals surface area contributed by atoms with E-state index in [9.17, 15) is 10.1 Å². The van der Waals surface area contributed by atoms with Gasteiger partial charge in [0.05, 0.1) is 39.8 Å². The highest BCUT2D eigenvalue weighted by Crippen LogP contribution is 2.47. The molecule has 1 N–H and O–H groups in total. The maximum atomic E-state index is 15.3. The molecular formula is C26H22ClF2N7O. The molecule has 4 heterocycles. The number of anilines is 3. The highest BCUT2D eigenvalue weighted by Gasteiger charge is 2.46. The molecule has 3 fully saturated rings. The molecule has 2 atom stereocenters. The second-order valence-electron chi connectivity index (χ2n) is 9.74. The van der Waals surface area contributed by atoms with Crippen molar-refractivity contribution in [1.82, 2.24) is 19.9 Å². The third-order valence-electron chi connectivity index (χ3n) is 7.79. The summed E-state index contributed by atoms with van der Waals surface area (Å²) in [6.45, 7) is 4.46. The molecule has 3 aliphatic rings. The Bertz CT molecular complexity index is 1500. The topological polar surface area (TPSA) is 98.0 Å². The van der Waals surface area contributed by atoms with Crippen molar-refractivity contribution in [2.45, 2.75) is 43.2 Å². The van der Waals surface area contributed by atoms with Crippen molar-refractivity contribution in [3.8, 4) is 6.07 Å². The van der Waals surface area contributed by atoms with Crippen LogP contribution in [0.5, 0.6) is 0 Å². The molecule has 1 aromatic carbocycles. The zero-order valence-electron chi connectivity index (χ0n) is 19.7. The monoisotopic (exact) mass is 521 g/mol. The van der Waals surface area contributed by atoms with E-state index in [1.54, 1.807) is 11.0 Å². The summed E-state index contributed by atoms with van der Waals surface area (Å²) < 4.78 is 30.5. The first-order chi connectivity index (χ1) is 17.8. The van der Waals surface area contributed by atoms with Crippen LogP contribution < -0.4 is 10.2 Å². The van der Waals surface area contributed by atoms with E-state index in [-0.39, 0.29) is 51.4 Å². The number of nitrogens with zero attached hydrogens (tertiary/aromatic N) is 6. The number of likely N-dealkylation sites (tertiary alicyclic amines) is 1. The summed E-state index contributed by atoms with van der Waals surface area (Å²) in [6.07, 6.45) is 5.43. The number of fused-ring (bicyclic) bond motifs is 3. The Labute approximate surface area is 216 Å². The van der Waals surface area contributed by atoms with Crippen molar-refractivity contribution < 1.29 is 13.6 Å². The molecule has 2 saturated heterocycles. The minimum Gasteiger partial charge on any atom is -0.347 e. The Balaban J connectivity index is 1.33. The van der Waals surface area contributed by atoms with Crippen LogP contribution in [0.3, 0.4) is 0 Å². The van der Waals surface area contributed by atoms with E-state index in [0.29, 0.717) is 31.5 Å². The Morgan fingerprint density at radius 2 is 2.08 bits per heavy atom. The van der Waals surface area contributed by atoms with Crippen LogP contribution in [-0.2, 0) is 10.2 Å². The summed E-state index contributed by atoms with van der Waals surface area (Å²) in [7, 11) is 0. The van der Waals surface area contributed by atoms with Gasteiger partial charge in [-0.15, -0.1) is 0 Å². The lowest BCUT2D eigenvalue weighted by atomic mass is 9.65. The van der Waals surface area contributed by atoms with Crippen molar-refractivity contribution in [2.75, 3.05) is 23.3 Å². The van der Waals surface area contributed by atoms with Crippen LogP contribution in [0.2, 0.25) is 5.02 Å². The molecule has 2 bridgehead atoms. The number of piperazine rings is 1.